The van der Waals surface area contributed by atoms with Gasteiger partial charge in [-0.1, -0.05) is 13.3 Å². The first-order chi connectivity index (χ1) is 8.85. The van der Waals surface area contributed by atoms with Crippen molar-refractivity contribution >= 4 is 11.8 Å². The average molecular weight is 267 g/mol. The van der Waals surface area contributed by atoms with Crippen molar-refractivity contribution in [2.75, 3.05) is 12.3 Å². The Morgan fingerprint density at radius 2 is 2.39 bits per heavy atom. The van der Waals surface area contributed by atoms with E-state index in [9.17, 15) is 0 Å². The summed E-state index contributed by atoms with van der Waals surface area (Å²) in [7, 11) is 0. The SMILES string of the molecule is CCCNC(c1cnn(CC)c1)C1CCCCS1. The van der Waals surface area contributed by atoms with Crippen molar-refractivity contribution in [1.82, 2.24) is 15.1 Å². The summed E-state index contributed by atoms with van der Waals surface area (Å²) in [6, 6.07) is 0.482. The maximum absolute atomic E-state index is 4.43. The number of thioether (sulfide) groups is 1. The molecule has 1 saturated heterocycles. The first-order valence-corrected chi connectivity index (χ1v) is 8.27. The molecular weight excluding hydrogens is 242 g/mol. The lowest BCUT2D eigenvalue weighted by Crippen LogP contribution is -2.32. The van der Waals surface area contributed by atoms with Crippen molar-refractivity contribution in [1.29, 1.82) is 0 Å². The molecule has 18 heavy (non-hydrogen) atoms. The van der Waals surface area contributed by atoms with Gasteiger partial charge in [0.1, 0.15) is 0 Å². The van der Waals surface area contributed by atoms with Gasteiger partial charge in [-0.2, -0.15) is 16.9 Å². The molecule has 1 aliphatic rings. The Morgan fingerprint density at radius 3 is 3.00 bits per heavy atom. The Bertz CT molecular complexity index is 345. The van der Waals surface area contributed by atoms with E-state index in [-0.39, 0.29) is 0 Å². The van der Waals surface area contributed by atoms with E-state index in [2.05, 4.69) is 42.2 Å². The first kappa shape index (κ1) is 13.9. The Morgan fingerprint density at radius 1 is 1.50 bits per heavy atom. The maximum Gasteiger partial charge on any atom is 0.0538 e. The molecule has 1 aromatic rings. The second kappa shape index (κ2) is 7.19. The zero-order valence-electron chi connectivity index (χ0n) is 11.6. The Balaban J connectivity index is 2.07. The molecule has 2 unspecified atom stereocenters. The number of hydrogen-bond acceptors (Lipinski definition) is 3. The summed E-state index contributed by atoms with van der Waals surface area (Å²) in [5, 5.41) is 8.87. The highest BCUT2D eigenvalue weighted by Gasteiger charge is 2.26. The summed E-state index contributed by atoms with van der Waals surface area (Å²) < 4.78 is 2.03. The molecule has 0 amide bonds. The highest BCUT2D eigenvalue weighted by molar-refractivity contribution is 8.00. The van der Waals surface area contributed by atoms with Crippen LogP contribution in [-0.4, -0.2) is 27.3 Å². The second-order valence-corrected chi connectivity index (χ2v) is 6.31. The molecule has 0 aromatic carbocycles. The molecule has 2 rings (SSSR count). The molecule has 1 fully saturated rings. The molecular formula is C14H25N3S. The highest BCUT2D eigenvalue weighted by Crippen LogP contribution is 2.34. The molecule has 102 valence electrons. The van der Waals surface area contributed by atoms with E-state index in [1.54, 1.807) is 0 Å². The van der Waals surface area contributed by atoms with Crippen LogP contribution in [0.4, 0.5) is 0 Å². The van der Waals surface area contributed by atoms with Gasteiger partial charge in [0.15, 0.2) is 0 Å². The predicted octanol–water partition coefficient (Wildman–Crippen LogP) is 3.23. The van der Waals surface area contributed by atoms with Crippen LogP contribution in [0.1, 0.15) is 51.1 Å². The molecule has 1 N–H and O–H groups in total. The van der Waals surface area contributed by atoms with Gasteiger partial charge in [-0.15, -0.1) is 0 Å². The summed E-state index contributed by atoms with van der Waals surface area (Å²) in [5.74, 6) is 1.32. The zero-order valence-corrected chi connectivity index (χ0v) is 12.4. The summed E-state index contributed by atoms with van der Waals surface area (Å²) in [4.78, 5) is 0. The van der Waals surface area contributed by atoms with Crippen LogP contribution in [0.5, 0.6) is 0 Å². The third-order valence-corrected chi connectivity index (χ3v) is 5.00. The van der Waals surface area contributed by atoms with E-state index < -0.39 is 0 Å². The van der Waals surface area contributed by atoms with E-state index >= 15 is 0 Å². The average Bonchev–Trinajstić information content (AvgIpc) is 2.89. The molecule has 2 atom stereocenters. The predicted molar refractivity (Wildman–Crippen MR) is 79.0 cm³/mol. The van der Waals surface area contributed by atoms with Gasteiger partial charge >= 0.3 is 0 Å². The van der Waals surface area contributed by atoms with Crippen molar-refractivity contribution < 1.29 is 0 Å². The lowest BCUT2D eigenvalue weighted by atomic mass is 10.0. The number of aromatic nitrogens is 2. The molecule has 1 aliphatic heterocycles. The third kappa shape index (κ3) is 3.51. The second-order valence-electron chi connectivity index (χ2n) is 4.97. The Kier molecular flexibility index (Phi) is 5.57. The first-order valence-electron chi connectivity index (χ1n) is 7.22. The summed E-state index contributed by atoms with van der Waals surface area (Å²) in [6.07, 6.45) is 9.55. The minimum atomic E-state index is 0.482. The van der Waals surface area contributed by atoms with Gasteiger partial charge < -0.3 is 5.32 Å². The van der Waals surface area contributed by atoms with Crippen molar-refractivity contribution in [3.05, 3.63) is 18.0 Å². The fourth-order valence-corrected chi connectivity index (χ4v) is 3.96. The lowest BCUT2D eigenvalue weighted by Gasteiger charge is -2.30. The fourth-order valence-electron chi connectivity index (χ4n) is 2.51. The molecule has 1 aromatic heterocycles. The van der Waals surface area contributed by atoms with E-state index in [4.69, 9.17) is 0 Å². The van der Waals surface area contributed by atoms with Gasteiger partial charge in [0, 0.05) is 29.6 Å². The molecule has 0 aliphatic carbocycles. The number of nitrogens with zero attached hydrogens (tertiary/aromatic N) is 2. The van der Waals surface area contributed by atoms with Crippen molar-refractivity contribution in [3.63, 3.8) is 0 Å². The van der Waals surface area contributed by atoms with Crippen LogP contribution < -0.4 is 5.32 Å². The minimum absolute atomic E-state index is 0.482. The van der Waals surface area contributed by atoms with E-state index in [1.807, 2.05) is 10.9 Å². The van der Waals surface area contributed by atoms with E-state index in [0.717, 1.165) is 18.3 Å². The Labute approximate surface area is 115 Å². The molecule has 0 saturated carbocycles. The number of aryl methyl sites for hydroxylation is 1. The van der Waals surface area contributed by atoms with E-state index in [1.165, 1.54) is 37.0 Å². The number of rotatable bonds is 6. The van der Waals surface area contributed by atoms with Crippen LogP contribution in [0, 0.1) is 0 Å². The summed E-state index contributed by atoms with van der Waals surface area (Å²) in [6.45, 7) is 6.42. The summed E-state index contributed by atoms with van der Waals surface area (Å²) in [5.41, 5.74) is 1.37. The van der Waals surface area contributed by atoms with Crippen molar-refractivity contribution in [3.8, 4) is 0 Å². The van der Waals surface area contributed by atoms with Crippen LogP contribution in [0.15, 0.2) is 12.4 Å². The molecule has 0 spiro atoms. The van der Waals surface area contributed by atoms with Crippen LogP contribution in [0.2, 0.25) is 0 Å². The van der Waals surface area contributed by atoms with Crippen molar-refractivity contribution in [2.45, 2.75) is 57.4 Å². The molecule has 0 bridgehead atoms. The number of hydrogen-bond donors (Lipinski definition) is 1. The molecule has 3 nitrogen and oxygen atoms in total. The lowest BCUT2D eigenvalue weighted by molar-refractivity contribution is 0.479. The Hall–Kier alpha value is -0.480. The normalized spacial score (nSPS) is 22.0. The zero-order chi connectivity index (χ0) is 12.8. The van der Waals surface area contributed by atoms with Gasteiger partial charge in [0.2, 0.25) is 0 Å². The highest BCUT2D eigenvalue weighted by atomic mass is 32.2. The largest absolute Gasteiger partial charge is 0.309 e. The standard InChI is InChI=1S/C14H25N3S/c1-3-8-15-14(13-7-5-6-9-18-13)12-10-16-17(4-2)11-12/h10-11,13-15H,3-9H2,1-2H3. The third-order valence-electron chi connectivity index (χ3n) is 3.54. The van der Waals surface area contributed by atoms with Gasteiger partial charge in [-0.25, -0.2) is 0 Å². The van der Waals surface area contributed by atoms with Gasteiger partial charge in [0.05, 0.1) is 6.20 Å². The topological polar surface area (TPSA) is 29.9 Å². The molecule has 2 heterocycles. The fraction of sp³-hybridized carbons (Fsp3) is 0.786. The summed E-state index contributed by atoms with van der Waals surface area (Å²) >= 11 is 2.13. The maximum atomic E-state index is 4.43. The van der Waals surface area contributed by atoms with Crippen LogP contribution in [0.3, 0.4) is 0 Å². The van der Waals surface area contributed by atoms with Crippen LogP contribution in [-0.2, 0) is 6.54 Å². The monoisotopic (exact) mass is 267 g/mol. The van der Waals surface area contributed by atoms with Crippen molar-refractivity contribution in [2.24, 2.45) is 0 Å². The minimum Gasteiger partial charge on any atom is -0.309 e. The van der Waals surface area contributed by atoms with Crippen LogP contribution >= 0.6 is 11.8 Å². The van der Waals surface area contributed by atoms with Gasteiger partial charge in [0.25, 0.3) is 0 Å². The van der Waals surface area contributed by atoms with Crippen LogP contribution in [0.25, 0.3) is 0 Å². The quantitative estimate of drug-likeness (QED) is 0.858. The van der Waals surface area contributed by atoms with Gasteiger partial charge in [-0.3, -0.25) is 4.68 Å². The molecule has 0 radical (unpaired) electrons. The van der Waals surface area contributed by atoms with E-state index in [0.29, 0.717) is 6.04 Å². The molecule has 4 heteroatoms. The number of nitrogens with one attached hydrogen (secondary N) is 1. The van der Waals surface area contributed by atoms with Gasteiger partial charge in [-0.05, 0) is 38.5 Å². The smallest absolute Gasteiger partial charge is 0.0538 e.